The van der Waals surface area contributed by atoms with Crippen LogP contribution in [0.1, 0.15) is 26.6 Å². The predicted octanol–water partition coefficient (Wildman–Crippen LogP) is 3.64. The number of nitrogens with zero attached hydrogens (tertiary/aromatic N) is 2. The van der Waals surface area contributed by atoms with E-state index in [1.807, 2.05) is 25.1 Å². The maximum atomic E-state index is 5.92. The third-order valence-corrected chi connectivity index (χ3v) is 3.62. The van der Waals surface area contributed by atoms with Gasteiger partial charge in [-0.2, -0.15) is 0 Å². The van der Waals surface area contributed by atoms with Crippen LogP contribution in [-0.4, -0.2) is 34.7 Å². The maximum absolute atomic E-state index is 5.92. The third kappa shape index (κ3) is 3.69. The van der Waals surface area contributed by atoms with Gasteiger partial charge < -0.3 is 14.0 Å². The molecular formula is C16H23ClN2O2. The Morgan fingerprint density at radius 3 is 2.71 bits per heavy atom. The van der Waals surface area contributed by atoms with Gasteiger partial charge in [-0.3, -0.25) is 0 Å². The van der Waals surface area contributed by atoms with E-state index in [9.17, 15) is 0 Å². The summed E-state index contributed by atoms with van der Waals surface area (Å²) < 4.78 is 13.3. The van der Waals surface area contributed by atoms with Gasteiger partial charge in [0.05, 0.1) is 30.3 Å². The van der Waals surface area contributed by atoms with Gasteiger partial charge in [0.25, 0.3) is 0 Å². The molecule has 0 saturated carbocycles. The number of ether oxygens (including phenoxy) is 2. The van der Waals surface area contributed by atoms with Crippen molar-refractivity contribution in [3.8, 4) is 5.75 Å². The standard InChI is InChI=1S/C16H23ClN2O2/c1-5-21-16(2,3)11-19-14-10-12(20-4)6-7-13(14)18-15(19)8-9-17/h6-7,10H,5,8-9,11H2,1-4H3. The SMILES string of the molecule is CCOC(C)(C)Cn1c(CCCl)nc2ccc(OC)cc21. The van der Waals surface area contributed by atoms with Crippen molar-refractivity contribution in [3.05, 3.63) is 24.0 Å². The Balaban J connectivity index is 2.48. The zero-order valence-electron chi connectivity index (χ0n) is 13.1. The molecule has 5 heteroatoms. The maximum Gasteiger partial charge on any atom is 0.121 e. The molecule has 4 nitrogen and oxygen atoms in total. The van der Waals surface area contributed by atoms with Gasteiger partial charge in [0.2, 0.25) is 0 Å². The van der Waals surface area contributed by atoms with E-state index in [0.29, 0.717) is 12.5 Å². The second kappa shape index (κ2) is 6.67. The van der Waals surface area contributed by atoms with Crippen LogP contribution in [0.5, 0.6) is 5.75 Å². The summed E-state index contributed by atoms with van der Waals surface area (Å²) in [6.45, 7) is 7.61. The third-order valence-electron chi connectivity index (χ3n) is 3.43. The number of imidazole rings is 1. The fraction of sp³-hybridized carbons (Fsp3) is 0.562. The molecule has 0 unspecified atom stereocenters. The van der Waals surface area contributed by atoms with Crippen LogP contribution in [0.4, 0.5) is 0 Å². The van der Waals surface area contributed by atoms with E-state index < -0.39 is 0 Å². The first-order valence-electron chi connectivity index (χ1n) is 7.24. The van der Waals surface area contributed by atoms with Crippen LogP contribution in [0.2, 0.25) is 0 Å². The molecule has 0 aliphatic rings. The summed E-state index contributed by atoms with van der Waals surface area (Å²) in [5, 5.41) is 0. The summed E-state index contributed by atoms with van der Waals surface area (Å²) in [6.07, 6.45) is 0.737. The molecule has 116 valence electrons. The van der Waals surface area contributed by atoms with Gasteiger partial charge in [0, 0.05) is 25.0 Å². The lowest BCUT2D eigenvalue weighted by Crippen LogP contribution is -2.31. The highest BCUT2D eigenvalue weighted by atomic mass is 35.5. The molecule has 0 atom stereocenters. The Bertz CT molecular complexity index is 608. The van der Waals surface area contributed by atoms with Crippen molar-refractivity contribution in [2.45, 2.75) is 39.3 Å². The second-order valence-electron chi connectivity index (χ2n) is 5.60. The van der Waals surface area contributed by atoms with Crippen LogP contribution in [-0.2, 0) is 17.7 Å². The summed E-state index contributed by atoms with van der Waals surface area (Å²) in [5.41, 5.74) is 1.76. The quantitative estimate of drug-likeness (QED) is 0.733. The smallest absolute Gasteiger partial charge is 0.121 e. The summed E-state index contributed by atoms with van der Waals surface area (Å²) in [7, 11) is 1.67. The number of benzene rings is 1. The van der Waals surface area contributed by atoms with E-state index in [1.165, 1.54) is 0 Å². The normalized spacial score (nSPS) is 12.0. The zero-order valence-corrected chi connectivity index (χ0v) is 13.9. The highest BCUT2D eigenvalue weighted by Gasteiger charge is 2.22. The Labute approximate surface area is 131 Å². The van der Waals surface area contributed by atoms with Crippen molar-refractivity contribution in [1.29, 1.82) is 0 Å². The molecule has 0 N–H and O–H groups in total. The molecule has 0 saturated heterocycles. The average molecular weight is 311 g/mol. The predicted molar refractivity (Wildman–Crippen MR) is 86.4 cm³/mol. The molecule has 0 spiro atoms. The molecule has 2 aromatic rings. The number of methoxy groups -OCH3 is 1. The number of hydrogen-bond acceptors (Lipinski definition) is 3. The molecule has 0 bridgehead atoms. The number of aromatic nitrogens is 2. The van der Waals surface area contributed by atoms with Crippen LogP contribution in [0, 0.1) is 0 Å². The Kier molecular flexibility index (Phi) is 5.12. The lowest BCUT2D eigenvalue weighted by Gasteiger charge is -2.26. The van der Waals surface area contributed by atoms with Crippen LogP contribution in [0.3, 0.4) is 0 Å². The molecule has 0 fully saturated rings. The first-order valence-corrected chi connectivity index (χ1v) is 7.77. The second-order valence-corrected chi connectivity index (χ2v) is 5.98. The average Bonchev–Trinajstić information content (AvgIpc) is 2.76. The molecule has 0 radical (unpaired) electrons. The highest BCUT2D eigenvalue weighted by molar-refractivity contribution is 6.17. The summed E-state index contributed by atoms with van der Waals surface area (Å²) in [5.74, 6) is 2.37. The first-order chi connectivity index (χ1) is 10.0. The zero-order chi connectivity index (χ0) is 15.5. The van der Waals surface area contributed by atoms with Gasteiger partial charge in [-0.05, 0) is 32.9 Å². The van der Waals surface area contributed by atoms with E-state index in [0.717, 1.165) is 35.6 Å². The number of hydrogen-bond donors (Lipinski definition) is 0. The number of alkyl halides is 1. The van der Waals surface area contributed by atoms with Crippen molar-refractivity contribution in [1.82, 2.24) is 9.55 Å². The van der Waals surface area contributed by atoms with E-state index in [-0.39, 0.29) is 5.60 Å². The number of rotatable bonds is 7. The van der Waals surface area contributed by atoms with Crippen LogP contribution in [0.15, 0.2) is 18.2 Å². The Morgan fingerprint density at radius 2 is 2.10 bits per heavy atom. The van der Waals surface area contributed by atoms with Crippen LogP contribution >= 0.6 is 11.6 Å². The topological polar surface area (TPSA) is 36.3 Å². The summed E-state index contributed by atoms with van der Waals surface area (Å²) in [6, 6.07) is 5.93. The van der Waals surface area contributed by atoms with Gasteiger partial charge in [-0.15, -0.1) is 11.6 Å². The molecule has 0 aliphatic heterocycles. The van der Waals surface area contributed by atoms with Crippen molar-refractivity contribution in [2.24, 2.45) is 0 Å². The van der Waals surface area contributed by atoms with Crippen LogP contribution < -0.4 is 4.74 Å². The summed E-state index contributed by atoms with van der Waals surface area (Å²) in [4.78, 5) is 4.69. The Hall–Kier alpha value is -1.26. The van der Waals surface area contributed by atoms with Crippen molar-refractivity contribution >= 4 is 22.6 Å². The minimum absolute atomic E-state index is 0.257. The van der Waals surface area contributed by atoms with Gasteiger partial charge in [0.15, 0.2) is 0 Å². The number of halogens is 1. The van der Waals surface area contributed by atoms with Gasteiger partial charge >= 0.3 is 0 Å². The highest BCUT2D eigenvalue weighted by Crippen LogP contribution is 2.25. The molecule has 0 amide bonds. The van der Waals surface area contributed by atoms with Crippen molar-refractivity contribution in [2.75, 3.05) is 19.6 Å². The van der Waals surface area contributed by atoms with Crippen LogP contribution in [0.25, 0.3) is 11.0 Å². The minimum atomic E-state index is -0.257. The lowest BCUT2D eigenvalue weighted by atomic mass is 10.1. The fourth-order valence-corrected chi connectivity index (χ4v) is 2.72. The van der Waals surface area contributed by atoms with E-state index in [1.54, 1.807) is 7.11 Å². The minimum Gasteiger partial charge on any atom is -0.497 e. The van der Waals surface area contributed by atoms with Crippen molar-refractivity contribution in [3.63, 3.8) is 0 Å². The van der Waals surface area contributed by atoms with Gasteiger partial charge in [-0.1, -0.05) is 0 Å². The number of fused-ring (bicyclic) bond motifs is 1. The fourth-order valence-electron chi connectivity index (χ4n) is 2.55. The Morgan fingerprint density at radius 1 is 1.33 bits per heavy atom. The molecular weight excluding hydrogens is 288 g/mol. The number of aryl methyl sites for hydroxylation is 1. The van der Waals surface area contributed by atoms with Crippen molar-refractivity contribution < 1.29 is 9.47 Å². The first kappa shape index (κ1) is 16.1. The van der Waals surface area contributed by atoms with E-state index in [4.69, 9.17) is 21.1 Å². The van der Waals surface area contributed by atoms with E-state index >= 15 is 0 Å². The van der Waals surface area contributed by atoms with Gasteiger partial charge in [0.1, 0.15) is 11.6 Å². The molecule has 1 aromatic carbocycles. The molecule has 0 aliphatic carbocycles. The molecule has 2 rings (SSSR count). The molecule has 1 aromatic heterocycles. The summed E-state index contributed by atoms with van der Waals surface area (Å²) >= 11 is 5.92. The van der Waals surface area contributed by atoms with Gasteiger partial charge in [-0.25, -0.2) is 4.98 Å². The molecule has 21 heavy (non-hydrogen) atoms. The lowest BCUT2D eigenvalue weighted by molar-refractivity contribution is -0.0221. The van der Waals surface area contributed by atoms with E-state index in [2.05, 4.69) is 23.4 Å². The monoisotopic (exact) mass is 310 g/mol. The molecule has 1 heterocycles. The largest absolute Gasteiger partial charge is 0.497 e.